The average Bonchev–Trinajstić information content (AvgIpc) is 2.83. The van der Waals surface area contributed by atoms with Gasteiger partial charge in [0, 0.05) is 37.7 Å². The summed E-state index contributed by atoms with van der Waals surface area (Å²) in [5, 5.41) is 2.90. The maximum absolute atomic E-state index is 12.9. The number of rotatable bonds is 9. The van der Waals surface area contributed by atoms with Crippen LogP contribution in [-0.4, -0.2) is 44.4 Å². The van der Waals surface area contributed by atoms with Crippen molar-refractivity contribution in [1.29, 1.82) is 0 Å². The largest absolute Gasteiger partial charge is 0.456 e. The van der Waals surface area contributed by atoms with Gasteiger partial charge in [-0.25, -0.2) is 4.79 Å². The molecule has 2 aromatic carbocycles. The summed E-state index contributed by atoms with van der Waals surface area (Å²) in [7, 11) is 3.85. The molecule has 2 aromatic rings. The lowest BCUT2D eigenvalue weighted by molar-refractivity contribution is -0.147. The number of carbonyl (C=O) groups is 3. The van der Waals surface area contributed by atoms with E-state index in [2.05, 4.69) is 12.2 Å². The molecule has 1 N–H and O–H groups in total. The van der Waals surface area contributed by atoms with Gasteiger partial charge in [-0.15, -0.1) is 0 Å². The molecule has 1 fully saturated rings. The molecule has 0 saturated heterocycles. The Morgan fingerprint density at radius 3 is 2.21 bits per heavy atom. The van der Waals surface area contributed by atoms with Crippen molar-refractivity contribution >= 4 is 23.3 Å². The standard InChI is InChI=1S/C27H34N2O4/c1-19-9-11-22(12-10-19)26(31)28-24(17-20-7-5-4-6-8-20)27(32)33-18-25(30)21-13-15-23(16-14-21)29(2)3/h4-8,13-16,19,22,24H,9-12,17-18H2,1-3H3,(H,28,31)/t19?,22?,24-/m0/s1. The van der Waals surface area contributed by atoms with Crippen LogP contribution in [0, 0.1) is 11.8 Å². The van der Waals surface area contributed by atoms with Crippen molar-refractivity contribution in [3.63, 3.8) is 0 Å². The zero-order valence-electron chi connectivity index (χ0n) is 19.8. The van der Waals surface area contributed by atoms with E-state index in [4.69, 9.17) is 4.74 Å². The summed E-state index contributed by atoms with van der Waals surface area (Å²) >= 11 is 0. The Morgan fingerprint density at radius 1 is 0.970 bits per heavy atom. The van der Waals surface area contributed by atoms with Gasteiger partial charge in [-0.3, -0.25) is 9.59 Å². The second kappa shape index (κ2) is 11.6. The topological polar surface area (TPSA) is 75.7 Å². The molecule has 33 heavy (non-hydrogen) atoms. The van der Waals surface area contributed by atoms with Crippen LogP contribution in [0.15, 0.2) is 54.6 Å². The number of ketones is 1. The molecule has 0 heterocycles. The summed E-state index contributed by atoms with van der Waals surface area (Å²) < 4.78 is 5.36. The van der Waals surface area contributed by atoms with Gasteiger partial charge in [0.15, 0.2) is 12.4 Å². The van der Waals surface area contributed by atoms with Crippen molar-refractivity contribution in [3.05, 3.63) is 65.7 Å². The molecule has 1 amide bonds. The van der Waals surface area contributed by atoms with Crippen LogP contribution >= 0.6 is 0 Å². The third kappa shape index (κ3) is 7.17. The lowest BCUT2D eigenvalue weighted by Crippen LogP contribution is -2.46. The molecule has 0 aliphatic heterocycles. The summed E-state index contributed by atoms with van der Waals surface area (Å²) in [5.74, 6) is -0.416. The number of carbonyl (C=O) groups excluding carboxylic acids is 3. The monoisotopic (exact) mass is 450 g/mol. The smallest absolute Gasteiger partial charge is 0.329 e. The molecule has 1 saturated carbocycles. The Labute approximate surface area is 196 Å². The van der Waals surface area contributed by atoms with Gasteiger partial charge in [0.25, 0.3) is 0 Å². The van der Waals surface area contributed by atoms with Crippen molar-refractivity contribution in [2.75, 3.05) is 25.6 Å². The summed E-state index contributed by atoms with van der Waals surface area (Å²) in [5.41, 5.74) is 2.38. The van der Waals surface area contributed by atoms with E-state index in [0.717, 1.165) is 36.9 Å². The Balaban J connectivity index is 1.62. The van der Waals surface area contributed by atoms with E-state index in [1.807, 2.05) is 61.5 Å². The van der Waals surface area contributed by atoms with E-state index < -0.39 is 12.0 Å². The van der Waals surface area contributed by atoms with E-state index in [9.17, 15) is 14.4 Å². The van der Waals surface area contributed by atoms with Gasteiger partial charge in [0.2, 0.25) is 5.91 Å². The molecule has 0 bridgehead atoms. The average molecular weight is 451 g/mol. The molecule has 3 rings (SSSR count). The molecule has 6 nitrogen and oxygen atoms in total. The minimum Gasteiger partial charge on any atom is -0.456 e. The fourth-order valence-corrected chi connectivity index (χ4v) is 4.12. The highest BCUT2D eigenvalue weighted by Crippen LogP contribution is 2.28. The quantitative estimate of drug-likeness (QED) is 0.461. The van der Waals surface area contributed by atoms with Crippen LogP contribution in [-0.2, 0) is 20.7 Å². The van der Waals surface area contributed by atoms with E-state index in [1.165, 1.54) is 0 Å². The third-order valence-electron chi connectivity index (χ3n) is 6.32. The minimum absolute atomic E-state index is 0.0795. The molecule has 176 valence electrons. The highest BCUT2D eigenvalue weighted by Gasteiger charge is 2.29. The van der Waals surface area contributed by atoms with Crippen molar-refractivity contribution in [2.45, 2.75) is 45.1 Å². The van der Waals surface area contributed by atoms with Crippen molar-refractivity contribution < 1.29 is 19.1 Å². The number of amides is 1. The highest BCUT2D eigenvalue weighted by molar-refractivity contribution is 5.98. The molecule has 0 unspecified atom stereocenters. The molecule has 1 aliphatic rings. The second-order valence-corrected chi connectivity index (χ2v) is 9.18. The van der Waals surface area contributed by atoms with Crippen molar-refractivity contribution in [2.24, 2.45) is 11.8 Å². The second-order valence-electron chi connectivity index (χ2n) is 9.18. The highest BCUT2D eigenvalue weighted by atomic mass is 16.5. The molecular formula is C27H34N2O4. The van der Waals surface area contributed by atoms with Crippen LogP contribution in [0.2, 0.25) is 0 Å². The third-order valence-corrected chi connectivity index (χ3v) is 6.32. The first-order valence-corrected chi connectivity index (χ1v) is 11.6. The maximum Gasteiger partial charge on any atom is 0.329 e. The van der Waals surface area contributed by atoms with Crippen LogP contribution in [0.5, 0.6) is 0 Å². The van der Waals surface area contributed by atoms with Crippen molar-refractivity contribution in [3.8, 4) is 0 Å². The molecule has 1 atom stereocenters. The van der Waals surface area contributed by atoms with E-state index >= 15 is 0 Å². The number of ether oxygens (including phenoxy) is 1. The number of benzene rings is 2. The molecular weight excluding hydrogens is 416 g/mol. The molecule has 0 radical (unpaired) electrons. The van der Waals surface area contributed by atoms with Crippen LogP contribution in [0.4, 0.5) is 5.69 Å². The lowest BCUT2D eigenvalue weighted by atomic mass is 9.82. The van der Waals surface area contributed by atoms with Gasteiger partial charge in [0.1, 0.15) is 6.04 Å². The Kier molecular flexibility index (Phi) is 8.64. The molecule has 0 spiro atoms. The zero-order valence-corrected chi connectivity index (χ0v) is 19.8. The normalized spacial score (nSPS) is 18.8. The number of anilines is 1. The molecule has 0 aromatic heterocycles. The maximum atomic E-state index is 12.9. The fraction of sp³-hybridized carbons (Fsp3) is 0.444. The number of nitrogens with one attached hydrogen (secondary N) is 1. The Hall–Kier alpha value is -3.15. The Morgan fingerprint density at radius 2 is 1.61 bits per heavy atom. The van der Waals surface area contributed by atoms with Crippen LogP contribution in [0.3, 0.4) is 0 Å². The van der Waals surface area contributed by atoms with E-state index in [1.54, 1.807) is 12.1 Å². The first-order chi connectivity index (χ1) is 15.8. The van der Waals surface area contributed by atoms with Gasteiger partial charge < -0.3 is 15.0 Å². The van der Waals surface area contributed by atoms with E-state index in [0.29, 0.717) is 17.9 Å². The van der Waals surface area contributed by atoms with Gasteiger partial charge in [-0.1, -0.05) is 37.3 Å². The Bertz CT molecular complexity index is 932. The summed E-state index contributed by atoms with van der Waals surface area (Å²) in [4.78, 5) is 40.2. The predicted octanol–water partition coefficient (Wildman–Crippen LogP) is 4.03. The van der Waals surface area contributed by atoms with Gasteiger partial charge in [-0.05, 0) is 61.4 Å². The number of esters is 1. The summed E-state index contributed by atoms with van der Waals surface area (Å²) in [6.07, 6.45) is 4.03. The number of hydrogen-bond donors (Lipinski definition) is 1. The number of nitrogens with zero attached hydrogens (tertiary/aromatic N) is 1. The van der Waals surface area contributed by atoms with Crippen molar-refractivity contribution in [1.82, 2.24) is 5.32 Å². The zero-order chi connectivity index (χ0) is 23.8. The summed E-state index contributed by atoms with van der Waals surface area (Å²) in [6.45, 7) is 1.84. The van der Waals surface area contributed by atoms with Crippen LogP contribution in [0.1, 0.15) is 48.5 Å². The summed E-state index contributed by atoms with van der Waals surface area (Å²) in [6, 6.07) is 15.8. The SMILES string of the molecule is CC1CCC(C(=O)N[C@@H](Cc2ccccc2)C(=O)OCC(=O)c2ccc(N(C)C)cc2)CC1. The van der Waals surface area contributed by atoms with Crippen LogP contribution < -0.4 is 10.2 Å². The lowest BCUT2D eigenvalue weighted by Gasteiger charge is -2.27. The first kappa shape index (κ1) is 24.5. The van der Waals surface area contributed by atoms with Gasteiger partial charge in [-0.2, -0.15) is 0 Å². The molecule has 6 heteroatoms. The van der Waals surface area contributed by atoms with Gasteiger partial charge in [0.05, 0.1) is 0 Å². The van der Waals surface area contributed by atoms with Crippen LogP contribution in [0.25, 0.3) is 0 Å². The number of Topliss-reactive ketones (excluding diaryl/α,β-unsaturated/α-hetero) is 1. The first-order valence-electron chi connectivity index (χ1n) is 11.6. The van der Waals surface area contributed by atoms with Gasteiger partial charge >= 0.3 is 5.97 Å². The van der Waals surface area contributed by atoms with E-state index in [-0.39, 0.29) is 24.2 Å². The predicted molar refractivity (Wildman–Crippen MR) is 129 cm³/mol. The molecule has 1 aliphatic carbocycles. The fourth-order valence-electron chi connectivity index (χ4n) is 4.12. The number of hydrogen-bond acceptors (Lipinski definition) is 5. The minimum atomic E-state index is -0.830.